The van der Waals surface area contributed by atoms with Crippen molar-refractivity contribution in [3.05, 3.63) is 228 Å². The third-order valence-corrected chi connectivity index (χ3v) is 24.1. The van der Waals surface area contributed by atoms with Crippen molar-refractivity contribution in [3.63, 3.8) is 0 Å². The normalized spacial score (nSPS) is 15.8. The maximum absolute atomic E-state index is 13.4. The van der Waals surface area contributed by atoms with Crippen LogP contribution in [-0.4, -0.2) is 152 Å². The molecule has 0 atom stereocenters. The van der Waals surface area contributed by atoms with E-state index in [1.165, 1.54) is 72.9 Å². The number of furan rings is 1. The Labute approximate surface area is 724 Å². The zero-order valence-corrected chi connectivity index (χ0v) is 73.3. The third kappa shape index (κ3) is 28.5. The first-order chi connectivity index (χ1) is 58.9. The number of piperidine rings is 2. The minimum Gasteiger partial charge on any atom is -0.490 e. The van der Waals surface area contributed by atoms with E-state index in [0.29, 0.717) is 111 Å². The number of likely N-dealkylation sites (tertiary alicyclic amines) is 2. The summed E-state index contributed by atoms with van der Waals surface area (Å²) in [5, 5.41) is 2.42. The molecule has 0 radical (unpaired) electrons. The molecule has 1 N–H and O–H groups in total. The Bertz CT molecular complexity index is 4850. The van der Waals surface area contributed by atoms with Crippen molar-refractivity contribution in [2.45, 2.75) is 241 Å². The van der Waals surface area contributed by atoms with Gasteiger partial charge in [-0.25, -0.2) is 4.98 Å². The van der Waals surface area contributed by atoms with Gasteiger partial charge in [-0.1, -0.05) is 170 Å². The van der Waals surface area contributed by atoms with E-state index in [1.807, 2.05) is 84.3 Å². The van der Waals surface area contributed by atoms with Crippen LogP contribution in [0.15, 0.2) is 147 Å². The van der Waals surface area contributed by atoms with Gasteiger partial charge in [-0.15, -0.1) is 0 Å². The van der Waals surface area contributed by atoms with Crippen LogP contribution < -0.4 is 10.1 Å². The summed E-state index contributed by atoms with van der Waals surface area (Å²) in [4.78, 5) is 123. The van der Waals surface area contributed by atoms with E-state index < -0.39 is 29.4 Å². The third-order valence-electron chi connectivity index (χ3n) is 23.0. The van der Waals surface area contributed by atoms with Crippen molar-refractivity contribution >= 4 is 63.8 Å². The van der Waals surface area contributed by atoms with Crippen molar-refractivity contribution in [2.75, 3.05) is 58.9 Å². The second kappa shape index (κ2) is 46.1. The number of ether oxygens (including phenoxy) is 1. The van der Waals surface area contributed by atoms with Gasteiger partial charge in [0.1, 0.15) is 34.8 Å². The number of alkyl halides is 6. The Morgan fingerprint density at radius 3 is 1.97 bits per heavy atom. The van der Waals surface area contributed by atoms with E-state index in [2.05, 4.69) is 60.9 Å². The molecule has 19 nitrogen and oxygen atoms in total. The lowest BCUT2D eigenvalue weighted by Crippen LogP contribution is -2.42. The van der Waals surface area contributed by atoms with Gasteiger partial charge < -0.3 is 29.2 Å². The highest BCUT2D eigenvalue weighted by molar-refractivity contribution is 8.18. The summed E-state index contributed by atoms with van der Waals surface area (Å²) in [7, 11) is 0. The number of aromatic nitrogens is 2. The van der Waals surface area contributed by atoms with E-state index in [0.717, 1.165) is 169 Å². The van der Waals surface area contributed by atoms with Gasteiger partial charge in [0.15, 0.2) is 23.1 Å². The predicted molar refractivity (Wildman–Crippen MR) is 466 cm³/mol. The molecule has 4 aromatic carbocycles. The number of rotatable bonds is 31. The second-order valence-electron chi connectivity index (χ2n) is 33.5. The Morgan fingerprint density at radius 2 is 1.27 bits per heavy atom. The van der Waals surface area contributed by atoms with Gasteiger partial charge in [-0.3, -0.25) is 58.1 Å². The number of hydrogen-bond donors (Lipinski definition) is 1. The smallest absolute Gasteiger partial charge is 0.417 e. The van der Waals surface area contributed by atoms with Crippen molar-refractivity contribution in [1.29, 1.82) is 0 Å². The predicted octanol–water partition coefficient (Wildman–Crippen LogP) is 20.6. The van der Waals surface area contributed by atoms with E-state index in [1.54, 1.807) is 31.3 Å². The number of hydrogen-bond acceptors (Lipinski definition) is 15. The van der Waals surface area contributed by atoms with Gasteiger partial charge in [0.2, 0.25) is 0 Å². The molecule has 0 spiro atoms. The molecule has 660 valence electrons. The number of amides is 5. The van der Waals surface area contributed by atoms with Crippen LogP contribution in [0.5, 0.6) is 5.75 Å². The van der Waals surface area contributed by atoms with Gasteiger partial charge >= 0.3 is 12.4 Å². The van der Waals surface area contributed by atoms with Crippen molar-refractivity contribution in [3.8, 4) is 5.75 Å². The number of halogens is 6. The van der Waals surface area contributed by atoms with Gasteiger partial charge in [-0.05, 0) is 184 Å². The fourth-order valence-electron chi connectivity index (χ4n) is 15.6. The lowest BCUT2D eigenvalue weighted by molar-refractivity contribution is -0.139. The molecule has 8 heterocycles. The number of aliphatic imine (C=N–C) groups is 1. The van der Waals surface area contributed by atoms with Crippen LogP contribution >= 0.6 is 11.8 Å². The topological polar surface area (TPSA) is 225 Å². The van der Waals surface area contributed by atoms with Crippen LogP contribution in [0.3, 0.4) is 0 Å². The first-order valence-corrected chi connectivity index (χ1v) is 44.6. The summed E-state index contributed by atoms with van der Waals surface area (Å²) in [6.07, 6.45) is 13.8. The van der Waals surface area contributed by atoms with Crippen molar-refractivity contribution in [1.82, 2.24) is 39.8 Å². The molecule has 3 aromatic heterocycles. The fourth-order valence-corrected chi connectivity index (χ4v) is 16.6. The van der Waals surface area contributed by atoms with Gasteiger partial charge in [-0.2, -0.15) is 26.3 Å². The largest absolute Gasteiger partial charge is 0.490 e. The second-order valence-corrected chi connectivity index (χ2v) is 34.4. The van der Waals surface area contributed by atoms with Crippen molar-refractivity contribution < 1.29 is 73.9 Å². The van der Waals surface area contributed by atoms with E-state index in [-0.39, 0.29) is 90.5 Å². The number of carbonyl (C=O) groups is 8. The number of benzene rings is 4. The molecule has 6 aliphatic rings. The summed E-state index contributed by atoms with van der Waals surface area (Å²) in [5.74, 6) is 2.59. The summed E-state index contributed by atoms with van der Waals surface area (Å²) >= 11 is 0.934. The number of para-hydroxylation sites is 1. The number of thioether (sulfide) groups is 1. The molecular formula is C97H119F6N9O10S. The molecule has 26 heteroatoms. The maximum Gasteiger partial charge on any atom is 0.417 e. The number of ketones is 3. The van der Waals surface area contributed by atoms with Crippen LogP contribution in [0, 0.1) is 39.5 Å². The molecule has 3 saturated heterocycles. The molecule has 4 fully saturated rings. The number of Topliss-reactive ketones (excluding diaryl/α,β-unsaturated/α-hetero) is 3. The number of pyridine rings is 2. The molecule has 123 heavy (non-hydrogen) atoms. The van der Waals surface area contributed by atoms with Crippen LogP contribution in [0.2, 0.25) is 0 Å². The van der Waals surface area contributed by atoms with Crippen LogP contribution in [-0.2, 0) is 59.2 Å². The average molecular weight is 1720 g/mol. The van der Waals surface area contributed by atoms with Gasteiger partial charge in [0.25, 0.3) is 28.9 Å². The quantitative estimate of drug-likeness (QED) is 0.0106. The molecular weight excluding hydrogens is 1600 g/mol. The Hall–Kier alpha value is -10.1. The maximum atomic E-state index is 13.4. The zero-order chi connectivity index (χ0) is 88.3. The van der Waals surface area contributed by atoms with Crippen LogP contribution in [0.4, 0.5) is 31.1 Å². The average Bonchev–Trinajstić information content (AvgIpc) is 1.75. The number of aryl methyl sites for hydroxylation is 4. The van der Waals surface area contributed by atoms with Gasteiger partial charge in [0, 0.05) is 115 Å². The first-order valence-electron chi connectivity index (χ1n) is 43.8. The highest BCUT2D eigenvalue weighted by Crippen LogP contribution is 2.40. The molecule has 5 amide bonds. The number of fused-ring (bicyclic) bond motifs is 2. The summed E-state index contributed by atoms with van der Waals surface area (Å²) in [5.41, 5.74) is 8.04. The number of carbonyl (C=O) groups excluding carboxylic acids is 8. The highest BCUT2D eigenvalue weighted by atomic mass is 32.2. The van der Waals surface area contributed by atoms with Gasteiger partial charge in [0.05, 0.1) is 41.2 Å². The molecule has 13 rings (SSSR count). The SMILES string of the molecule is CC(C)CCNC(=O)c1cc2c(o1)CN(C(=O)c1ccccc1C(F)(F)F)CC2.CCCCCCC(=O)CN1C(=O)SC(=C2CCN(C(=O)c3cc(C)ccc3C)CC2)C1=O.CCCCCCCC(=O)c1ccc2c(n1)CCN(Cc1cc(C)ccc1C(F)(F)F)C2.Cc1ccccc1OC1CCN(C(=NCC(=O)CCCC2CC2)c2ccccn2)CC1. The molecule has 1 aliphatic carbocycles. The van der Waals surface area contributed by atoms with Crippen LogP contribution in [0.25, 0.3) is 0 Å². The number of amidine groups is 1. The lowest BCUT2D eigenvalue weighted by Gasteiger charge is -2.34. The highest BCUT2D eigenvalue weighted by Gasteiger charge is 2.41. The molecule has 5 aliphatic heterocycles. The minimum absolute atomic E-state index is 0.00650. The summed E-state index contributed by atoms with van der Waals surface area (Å²) < 4.78 is 91.7. The van der Waals surface area contributed by atoms with E-state index >= 15 is 0 Å². The van der Waals surface area contributed by atoms with E-state index in [9.17, 15) is 64.7 Å². The van der Waals surface area contributed by atoms with Crippen molar-refractivity contribution in [2.24, 2.45) is 16.8 Å². The monoisotopic (exact) mass is 1720 g/mol. The number of imide groups is 1. The number of nitrogens with zero attached hydrogens (tertiary/aromatic N) is 8. The molecule has 0 unspecified atom stereocenters. The standard InChI is InChI=1S/C26H33N3O2.C25H31F3N2O.C25H32N2O4S.C21H23F3N2O3/c1-20-7-2-3-11-25(20)31-23-14-17-29(18-15-23)26(24-10-4-5-16-27-24)28-19-22(30)9-6-8-21-12-13-21;1-3-4-5-6-7-8-24(31)23-12-10-19-16-30(14-13-22(19)29-23)17-20-15-18(2)9-11-21(20)25(26,27)28;1-4-5-6-7-8-20(28)16-27-24(30)22(32-25(27)31)19-11-13-26(14-12-19)23(29)21-15-17(2)9-10-18(21)3;1-13(2)7-9-25-19(27)17-11-14-8-10-26(12-18(14)29-17)20(28)15-5-3-4-6-16(15)21(22,23)24/h2-5,7,10-11,16,21,23H,6,8-9,12-15,17-19H2,1H3;9-12,15H,3-8,13-14,16-17H2,1-2H3;9-10,15H,4-8,11-14,16H2,1-3H3;3-6,11,13H,7-10,12H2,1-2H3,(H,25,27). The number of nitrogens with one attached hydrogen (secondary N) is 1. The number of unbranched alkanes of at least 4 members (excludes halogenated alkanes) is 7. The molecule has 1 saturated carbocycles. The minimum atomic E-state index is -4.61. The van der Waals surface area contributed by atoms with Crippen LogP contribution in [0.1, 0.15) is 272 Å². The fraction of sp³-hybridized carbons (Fsp3) is 0.495. The first kappa shape index (κ1) is 95.2. The Kier molecular flexibility index (Phi) is 35.6. The lowest BCUT2D eigenvalue weighted by atomic mass is 10.00. The summed E-state index contributed by atoms with van der Waals surface area (Å²) in [6.45, 7) is 21.2. The molecule has 0 bridgehead atoms. The van der Waals surface area contributed by atoms with E-state index in [4.69, 9.17) is 14.1 Å². The Morgan fingerprint density at radius 1 is 0.610 bits per heavy atom. The Balaban J connectivity index is 0.000000172. The molecule has 7 aromatic rings. The zero-order valence-electron chi connectivity index (χ0n) is 72.4. The summed E-state index contributed by atoms with van der Waals surface area (Å²) in [6, 6.07) is 34.3.